The van der Waals surface area contributed by atoms with E-state index in [-0.39, 0.29) is 24.6 Å². The SMILES string of the molecule is CC1COC(CO)CN1c1ccc([C@H](C)O)cc1F. The number of nitrogens with zero attached hydrogens (tertiary/aromatic N) is 1. The van der Waals surface area contributed by atoms with Crippen LogP contribution in [0.4, 0.5) is 10.1 Å². The van der Waals surface area contributed by atoms with Gasteiger partial charge in [0.2, 0.25) is 0 Å². The Morgan fingerprint density at radius 2 is 2.26 bits per heavy atom. The predicted octanol–water partition coefficient (Wildman–Crippen LogP) is 1.46. The van der Waals surface area contributed by atoms with Gasteiger partial charge in [-0.2, -0.15) is 0 Å². The van der Waals surface area contributed by atoms with Crippen LogP contribution >= 0.6 is 0 Å². The van der Waals surface area contributed by atoms with Crippen LogP contribution in [0.15, 0.2) is 18.2 Å². The third kappa shape index (κ3) is 3.05. The third-order valence-electron chi connectivity index (χ3n) is 3.47. The van der Waals surface area contributed by atoms with E-state index in [0.29, 0.717) is 24.4 Å². The first-order valence-electron chi connectivity index (χ1n) is 6.49. The van der Waals surface area contributed by atoms with Crippen LogP contribution in [-0.2, 0) is 4.74 Å². The monoisotopic (exact) mass is 269 g/mol. The average molecular weight is 269 g/mol. The molecule has 2 unspecified atom stereocenters. The second-order valence-corrected chi connectivity index (χ2v) is 5.03. The van der Waals surface area contributed by atoms with Crippen LogP contribution in [0.3, 0.4) is 0 Å². The predicted molar refractivity (Wildman–Crippen MR) is 70.7 cm³/mol. The van der Waals surface area contributed by atoms with Crippen molar-refractivity contribution in [3.63, 3.8) is 0 Å². The molecule has 0 saturated carbocycles. The number of aliphatic hydroxyl groups excluding tert-OH is 2. The molecule has 0 bridgehead atoms. The first-order valence-corrected chi connectivity index (χ1v) is 6.49. The second-order valence-electron chi connectivity index (χ2n) is 5.03. The number of hydrogen-bond acceptors (Lipinski definition) is 4. The Balaban J connectivity index is 2.24. The van der Waals surface area contributed by atoms with E-state index < -0.39 is 6.10 Å². The van der Waals surface area contributed by atoms with Crippen molar-refractivity contribution in [3.8, 4) is 0 Å². The number of aliphatic hydroxyl groups is 2. The molecular weight excluding hydrogens is 249 g/mol. The first-order chi connectivity index (χ1) is 9.02. The van der Waals surface area contributed by atoms with Crippen molar-refractivity contribution in [2.24, 2.45) is 0 Å². The van der Waals surface area contributed by atoms with E-state index in [0.717, 1.165) is 0 Å². The van der Waals surface area contributed by atoms with E-state index >= 15 is 0 Å². The van der Waals surface area contributed by atoms with E-state index in [1.807, 2.05) is 11.8 Å². The number of hydrogen-bond donors (Lipinski definition) is 2. The molecule has 0 aliphatic carbocycles. The molecule has 0 spiro atoms. The Labute approximate surface area is 112 Å². The van der Waals surface area contributed by atoms with Crippen LogP contribution in [0.25, 0.3) is 0 Å². The molecule has 0 radical (unpaired) electrons. The van der Waals surface area contributed by atoms with Gasteiger partial charge in [0, 0.05) is 12.6 Å². The number of morpholine rings is 1. The summed E-state index contributed by atoms with van der Waals surface area (Å²) < 4.78 is 19.6. The Kier molecular flexibility index (Phi) is 4.39. The largest absolute Gasteiger partial charge is 0.394 e. The molecule has 19 heavy (non-hydrogen) atoms. The molecule has 1 aromatic rings. The van der Waals surface area contributed by atoms with Crippen LogP contribution in [0.2, 0.25) is 0 Å². The molecule has 5 heteroatoms. The summed E-state index contributed by atoms with van der Waals surface area (Å²) in [6.07, 6.45) is -0.970. The number of benzene rings is 1. The maximum atomic E-state index is 14.1. The number of anilines is 1. The fourth-order valence-corrected chi connectivity index (χ4v) is 2.28. The van der Waals surface area contributed by atoms with Gasteiger partial charge in [-0.05, 0) is 31.5 Å². The lowest BCUT2D eigenvalue weighted by Gasteiger charge is -2.39. The summed E-state index contributed by atoms with van der Waals surface area (Å²) in [5.74, 6) is -0.358. The Morgan fingerprint density at radius 3 is 2.84 bits per heavy atom. The van der Waals surface area contributed by atoms with Gasteiger partial charge in [0.25, 0.3) is 0 Å². The molecule has 1 aliphatic heterocycles. The number of halogens is 1. The minimum Gasteiger partial charge on any atom is -0.394 e. The molecule has 106 valence electrons. The Morgan fingerprint density at radius 1 is 1.53 bits per heavy atom. The van der Waals surface area contributed by atoms with Gasteiger partial charge in [-0.25, -0.2) is 4.39 Å². The average Bonchev–Trinajstić information content (AvgIpc) is 2.39. The molecule has 2 N–H and O–H groups in total. The van der Waals surface area contributed by atoms with E-state index in [1.54, 1.807) is 19.1 Å². The standard InChI is InChI=1S/C14H20FNO3/c1-9-8-19-12(7-17)6-16(9)14-4-3-11(10(2)18)5-13(14)15/h3-5,9-10,12,17-18H,6-8H2,1-2H3/t9?,10-,12?/m0/s1. The van der Waals surface area contributed by atoms with E-state index in [4.69, 9.17) is 9.84 Å². The topological polar surface area (TPSA) is 52.9 Å². The molecule has 2 rings (SSSR count). The molecule has 1 heterocycles. The number of rotatable bonds is 3. The molecule has 4 nitrogen and oxygen atoms in total. The number of ether oxygens (including phenoxy) is 1. The van der Waals surface area contributed by atoms with Crippen molar-refractivity contribution >= 4 is 5.69 Å². The van der Waals surface area contributed by atoms with Crippen LogP contribution in [-0.4, -0.2) is 42.1 Å². The summed E-state index contributed by atoms with van der Waals surface area (Å²) in [6.45, 7) is 4.41. The highest BCUT2D eigenvalue weighted by atomic mass is 19.1. The highest BCUT2D eigenvalue weighted by Gasteiger charge is 2.27. The molecule has 1 aromatic carbocycles. The fraction of sp³-hybridized carbons (Fsp3) is 0.571. The van der Waals surface area contributed by atoms with Crippen molar-refractivity contribution < 1.29 is 19.3 Å². The summed E-state index contributed by atoms with van der Waals surface area (Å²) in [5.41, 5.74) is 1.04. The summed E-state index contributed by atoms with van der Waals surface area (Å²) in [4.78, 5) is 1.89. The van der Waals surface area contributed by atoms with Gasteiger partial charge in [0.15, 0.2) is 0 Å². The van der Waals surface area contributed by atoms with Gasteiger partial charge < -0.3 is 19.8 Å². The van der Waals surface area contributed by atoms with E-state index in [1.165, 1.54) is 6.07 Å². The van der Waals surface area contributed by atoms with Gasteiger partial charge >= 0.3 is 0 Å². The van der Waals surface area contributed by atoms with E-state index in [2.05, 4.69) is 0 Å². The zero-order chi connectivity index (χ0) is 14.0. The summed E-state index contributed by atoms with van der Waals surface area (Å²) in [6, 6.07) is 4.80. The lowest BCUT2D eigenvalue weighted by atomic mass is 10.1. The zero-order valence-electron chi connectivity index (χ0n) is 11.2. The maximum absolute atomic E-state index is 14.1. The summed E-state index contributed by atoms with van der Waals surface area (Å²) in [5, 5.41) is 18.6. The van der Waals surface area contributed by atoms with E-state index in [9.17, 15) is 9.50 Å². The van der Waals surface area contributed by atoms with Crippen LogP contribution in [0.1, 0.15) is 25.5 Å². The minimum absolute atomic E-state index is 0.0506. The molecule has 0 aromatic heterocycles. The molecule has 3 atom stereocenters. The van der Waals surface area contributed by atoms with Gasteiger partial charge in [-0.15, -0.1) is 0 Å². The lowest BCUT2D eigenvalue weighted by molar-refractivity contribution is -0.0105. The normalized spacial score (nSPS) is 25.4. The van der Waals surface area contributed by atoms with Gasteiger partial charge in [-0.1, -0.05) is 6.07 Å². The van der Waals surface area contributed by atoms with Crippen molar-refractivity contribution in [2.45, 2.75) is 32.1 Å². The molecule has 1 saturated heterocycles. The molecular formula is C14H20FNO3. The van der Waals surface area contributed by atoms with Gasteiger partial charge in [0.05, 0.1) is 31.1 Å². The fourth-order valence-electron chi connectivity index (χ4n) is 2.28. The van der Waals surface area contributed by atoms with Gasteiger partial charge in [0.1, 0.15) is 5.82 Å². The Bertz CT molecular complexity index is 439. The van der Waals surface area contributed by atoms with Crippen molar-refractivity contribution in [3.05, 3.63) is 29.6 Å². The lowest BCUT2D eigenvalue weighted by Crippen LogP contribution is -2.50. The Hall–Kier alpha value is -1.17. The zero-order valence-corrected chi connectivity index (χ0v) is 11.2. The first kappa shape index (κ1) is 14.2. The quantitative estimate of drug-likeness (QED) is 0.872. The van der Waals surface area contributed by atoms with Crippen LogP contribution in [0.5, 0.6) is 0 Å². The molecule has 0 amide bonds. The summed E-state index contributed by atoms with van der Waals surface area (Å²) >= 11 is 0. The summed E-state index contributed by atoms with van der Waals surface area (Å²) in [7, 11) is 0. The second kappa shape index (κ2) is 5.86. The van der Waals surface area contributed by atoms with Crippen molar-refractivity contribution in [2.75, 3.05) is 24.7 Å². The maximum Gasteiger partial charge on any atom is 0.146 e. The van der Waals surface area contributed by atoms with Gasteiger partial charge in [-0.3, -0.25) is 0 Å². The highest BCUT2D eigenvalue weighted by Crippen LogP contribution is 2.27. The molecule has 1 fully saturated rings. The third-order valence-corrected chi connectivity index (χ3v) is 3.47. The molecule has 1 aliphatic rings. The van der Waals surface area contributed by atoms with Crippen molar-refractivity contribution in [1.29, 1.82) is 0 Å². The minimum atomic E-state index is -0.684. The van der Waals surface area contributed by atoms with Crippen LogP contribution < -0.4 is 4.90 Å². The highest BCUT2D eigenvalue weighted by molar-refractivity contribution is 5.51. The van der Waals surface area contributed by atoms with Crippen LogP contribution in [0, 0.1) is 5.82 Å². The smallest absolute Gasteiger partial charge is 0.146 e. The van der Waals surface area contributed by atoms with Crippen molar-refractivity contribution in [1.82, 2.24) is 0 Å².